The second-order valence-electron chi connectivity index (χ2n) is 10.2. The molecule has 0 aliphatic rings. The van der Waals surface area contributed by atoms with Gasteiger partial charge in [0.1, 0.15) is 11.2 Å². The second kappa shape index (κ2) is 8.24. The molecule has 0 amide bonds. The molecule has 0 bridgehead atoms. The number of hydrogen-bond donors (Lipinski definition) is 0. The SMILES string of the molecule is C/C=C\c1c(C)n(-c2ccc3oc4ccc(-n5c6ccccc6c6ccccc65)cc4c3c2)c2ccccc12. The zero-order valence-electron chi connectivity index (χ0n) is 21.8. The molecule has 0 aliphatic carbocycles. The smallest absolute Gasteiger partial charge is 0.135 e. The summed E-state index contributed by atoms with van der Waals surface area (Å²) in [6, 6.07) is 39.0. The number of allylic oxidation sites excluding steroid dienone is 1. The van der Waals surface area contributed by atoms with E-state index in [1.807, 2.05) is 0 Å². The topological polar surface area (TPSA) is 23.0 Å². The summed E-state index contributed by atoms with van der Waals surface area (Å²) in [7, 11) is 0. The first-order valence-electron chi connectivity index (χ1n) is 13.4. The Bertz CT molecular complexity index is 2200. The molecular weight excluding hydrogens is 476 g/mol. The van der Waals surface area contributed by atoms with Crippen LogP contribution >= 0.6 is 0 Å². The van der Waals surface area contributed by atoms with Gasteiger partial charge in [-0.05, 0) is 68.4 Å². The van der Waals surface area contributed by atoms with Gasteiger partial charge in [0.25, 0.3) is 0 Å². The van der Waals surface area contributed by atoms with Gasteiger partial charge in [0.15, 0.2) is 0 Å². The van der Waals surface area contributed by atoms with Crippen LogP contribution in [0.2, 0.25) is 0 Å². The van der Waals surface area contributed by atoms with Crippen LogP contribution in [0.4, 0.5) is 0 Å². The van der Waals surface area contributed by atoms with Crippen LogP contribution < -0.4 is 0 Å². The Morgan fingerprint density at radius 3 is 1.59 bits per heavy atom. The first-order chi connectivity index (χ1) is 19.2. The molecule has 8 aromatic rings. The van der Waals surface area contributed by atoms with Crippen molar-refractivity contribution in [3.8, 4) is 11.4 Å². The predicted molar refractivity (Wildman–Crippen MR) is 164 cm³/mol. The van der Waals surface area contributed by atoms with E-state index < -0.39 is 0 Å². The van der Waals surface area contributed by atoms with E-state index >= 15 is 0 Å². The van der Waals surface area contributed by atoms with Gasteiger partial charge in [-0.3, -0.25) is 0 Å². The Hall–Kier alpha value is -5.02. The van der Waals surface area contributed by atoms with Crippen LogP contribution in [-0.2, 0) is 0 Å². The van der Waals surface area contributed by atoms with E-state index in [4.69, 9.17) is 4.42 Å². The summed E-state index contributed by atoms with van der Waals surface area (Å²) >= 11 is 0. The number of para-hydroxylation sites is 3. The van der Waals surface area contributed by atoms with Crippen LogP contribution in [0.5, 0.6) is 0 Å². The molecule has 0 spiro atoms. The standard InChI is InChI=1S/C36H26N2O/c1-3-10-26-23(2)37(32-14-7-4-11-27(26)32)24-17-19-35-30(21-24)31-22-25(18-20-36(31)39-35)38-33-15-8-5-12-28(33)29-13-6-9-16-34(29)38/h3-22H,1-2H3/b10-3-. The zero-order valence-corrected chi connectivity index (χ0v) is 21.8. The molecule has 39 heavy (non-hydrogen) atoms. The molecule has 3 heteroatoms. The highest BCUT2D eigenvalue weighted by Gasteiger charge is 2.17. The third-order valence-corrected chi connectivity index (χ3v) is 8.03. The van der Waals surface area contributed by atoms with Crippen molar-refractivity contribution in [2.24, 2.45) is 0 Å². The normalized spacial score (nSPS) is 12.3. The Balaban J connectivity index is 1.39. The molecule has 5 aromatic carbocycles. The van der Waals surface area contributed by atoms with Crippen LogP contribution in [-0.4, -0.2) is 9.13 Å². The Labute approximate surface area is 225 Å². The first-order valence-corrected chi connectivity index (χ1v) is 13.4. The van der Waals surface area contributed by atoms with Crippen molar-refractivity contribution in [2.45, 2.75) is 13.8 Å². The Morgan fingerprint density at radius 1 is 0.538 bits per heavy atom. The number of hydrogen-bond acceptors (Lipinski definition) is 1. The average Bonchev–Trinajstić information content (AvgIpc) is 3.60. The molecule has 0 fully saturated rings. The summed E-state index contributed by atoms with van der Waals surface area (Å²) in [4.78, 5) is 0. The van der Waals surface area contributed by atoms with E-state index in [2.05, 4.69) is 144 Å². The van der Waals surface area contributed by atoms with E-state index in [1.54, 1.807) is 0 Å². The number of benzene rings is 5. The van der Waals surface area contributed by atoms with Crippen molar-refractivity contribution in [1.82, 2.24) is 9.13 Å². The van der Waals surface area contributed by atoms with Gasteiger partial charge in [-0.15, -0.1) is 0 Å². The summed E-state index contributed by atoms with van der Waals surface area (Å²) in [5.74, 6) is 0. The molecular formula is C36H26N2O. The molecule has 0 radical (unpaired) electrons. The van der Waals surface area contributed by atoms with E-state index in [9.17, 15) is 0 Å². The maximum Gasteiger partial charge on any atom is 0.135 e. The van der Waals surface area contributed by atoms with Gasteiger partial charge in [-0.2, -0.15) is 0 Å². The second-order valence-corrected chi connectivity index (χ2v) is 10.2. The minimum Gasteiger partial charge on any atom is -0.456 e. The van der Waals surface area contributed by atoms with Crippen molar-refractivity contribution >= 4 is 60.7 Å². The fourth-order valence-electron chi connectivity index (χ4n) is 6.33. The molecule has 3 nitrogen and oxygen atoms in total. The highest BCUT2D eigenvalue weighted by atomic mass is 16.3. The lowest BCUT2D eigenvalue weighted by molar-refractivity contribution is 0.669. The average molecular weight is 503 g/mol. The number of aromatic nitrogens is 2. The molecule has 186 valence electrons. The van der Waals surface area contributed by atoms with Gasteiger partial charge in [0, 0.05) is 49.6 Å². The molecule has 0 unspecified atom stereocenters. The molecule has 0 N–H and O–H groups in total. The van der Waals surface area contributed by atoms with Crippen molar-refractivity contribution in [2.75, 3.05) is 0 Å². The van der Waals surface area contributed by atoms with E-state index in [-0.39, 0.29) is 0 Å². The molecule has 0 atom stereocenters. The molecule has 0 saturated heterocycles. The molecule has 0 aliphatic heterocycles. The summed E-state index contributed by atoms with van der Waals surface area (Å²) in [6.45, 7) is 4.28. The van der Waals surface area contributed by atoms with E-state index in [0.29, 0.717) is 0 Å². The minimum absolute atomic E-state index is 0.898. The quantitative estimate of drug-likeness (QED) is 0.236. The Kier molecular flexibility index (Phi) is 4.65. The van der Waals surface area contributed by atoms with Gasteiger partial charge in [0.2, 0.25) is 0 Å². The summed E-state index contributed by atoms with van der Waals surface area (Å²) in [6.07, 6.45) is 4.32. The molecule has 3 aromatic heterocycles. The molecule has 8 rings (SSSR count). The predicted octanol–water partition coefficient (Wildman–Crippen LogP) is 9.97. The number of fused-ring (bicyclic) bond motifs is 7. The number of rotatable bonds is 3. The maximum absolute atomic E-state index is 6.32. The lowest BCUT2D eigenvalue weighted by atomic mass is 10.1. The van der Waals surface area contributed by atoms with Crippen molar-refractivity contribution in [3.05, 3.63) is 127 Å². The van der Waals surface area contributed by atoms with Gasteiger partial charge < -0.3 is 13.6 Å². The fraction of sp³-hybridized carbons (Fsp3) is 0.0556. The van der Waals surface area contributed by atoms with Crippen LogP contribution in [0.15, 0.2) is 120 Å². The summed E-state index contributed by atoms with van der Waals surface area (Å²) in [5, 5.41) is 6.03. The number of furan rings is 1. The Morgan fingerprint density at radius 2 is 1.03 bits per heavy atom. The third-order valence-electron chi connectivity index (χ3n) is 8.03. The van der Waals surface area contributed by atoms with Gasteiger partial charge in [0.05, 0.1) is 16.6 Å². The van der Waals surface area contributed by atoms with Crippen molar-refractivity contribution in [1.29, 1.82) is 0 Å². The van der Waals surface area contributed by atoms with Crippen molar-refractivity contribution in [3.63, 3.8) is 0 Å². The van der Waals surface area contributed by atoms with Gasteiger partial charge in [-0.25, -0.2) is 0 Å². The maximum atomic E-state index is 6.32. The molecule has 3 heterocycles. The van der Waals surface area contributed by atoms with Crippen LogP contribution in [0.1, 0.15) is 18.2 Å². The molecule has 0 saturated carbocycles. The highest BCUT2D eigenvalue weighted by Crippen LogP contribution is 2.37. The highest BCUT2D eigenvalue weighted by molar-refractivity contribution is 6.10. The van der Waals surface area contributed by atoms with E-state index in [1.165, 1.54) is 44.0 Å². The first kappa shape index (κ1) is 22.0. The van der Waals surface area contributed by atoms with Crippen LogP contribution in [0.3, 0.4) is 0 Å². The van der Waals surface area contributed by atoms with E-state index in [0.717, 1.165) is 33.3 Å². The number of nitrogens with zero attached hydrogens (tertiary/aromatic N) is 2. The largest absolute Gasteiger partial charge is 0.456 e. The summed E-state index contributed by atoms with van der Waals surface area (Å²) in [5.41, 5.74) is 10.2. The van der Waals surface area contributed by atoms with Crippen LogP contribution in [0, 0.1) is 6.92 Å². The zero-order chi connectivity index (χ0) is 26.1. The minimum atomic E-state index is 0.898. The summed E-state index contributed by atoms with van der Waals surface area (Å²) < 4.78 is 11.0. The monoisotopic (exact) mass is 502 g/mol. The van der Waals surface area contributed by atoms with Crippen LogP contribution in [0.25, 0.3) is 72.1 Å². The van der Waals surface area contributed by atoms with Gasteiger partial charge >= 0.3 is 0 Å². The third kappa shape index (κ3) is 3.10. The lowest BCUT2D eigenvalue weighted by Gasteiger charge is -2.09. The van der Waals surface area contributed by atoms with Crippen molar-refractivity contribution < 1.29 is 4.42 Å². The fourth-order valence-corrected chi connectivity index (χ4v) is 6.33. The lowest BCUT2D eigenvalue weighted by Crippen LogP contribution is -1.96. The van der Waals surface area contributed by atoms with Gasteiger partial charge in [-0.1, -0.05) is 66.7 Å².